The van der Waals surface area contributed by atoms with Gasteiger partial charge in [0.2, 0.25) is 0 Å². The van der Waals surface area contributed by atoms with Crippen LogP contribution in [0.15, 0.2) is 12.3 Å². The highest BCUT2D eigenvalue weighted by atomic mass is 15.3. The first-order chi connectivity index (χ1) is 8.11. The number of aromatic nitrogens is 1. The molecule has 1 aromatic rings. The van der Waals surface area contributed by atoms with Crippen LogP contribution in [0.5, 0.6) is 0 Å². The third kappa shape index (κ3) is 2.58. The minimum atomic E-state index is 0.517. The largest absolute Gasteiger partial charge is 0.351 e. The number of hydrogen-bond donors (Lipinski definition) is 1. The highest BCUT2D eigenvalue weighted by Gasteiger charge is 2.23. The maximum atomic E-state index is 5.63. The third-order valence-electron chi connectivity index (χ3n) is 3.45. The monoisotopic (exact) mass is 234 g/mol. The molecule has 0 saturated carbocycles. The Hall–Kier alpha value is -1.13. The fraction of sp³-hybridized carbons (Fsp3) is 0.615. The van der Waals surface area contributed by atoms with Crippen LogP contribution >= 0.6 is 0 Å². The van der Waals surface area contributed by atoms with E-state index in [0.29, 0.717) is 12.6 Å². The van der Waals surface area contributed by atoms with Gasteiger partial charge in [-0.3, -0.25) is 0 Å². The van der Waals surface area contributed by atoms with Crippen LogP contribution in [-0.4, -0.2) is 42.6 Å². The van der Waals surface area contributed by atoms with E-state index >= 15 is 0 Å². The number of anilines is 1. The molecule has 2 N–H and O–H groups in total. The molecule has 0 aromatic carbocycles. The van der Waals surface area contributed by atoms with Crippen molar-refractivity contribution >= 4 is 5.82 Å². The van der Waals surface area contributed by atoms with Crippen LogP contribution in [0.4, 0.5) is 5.82 Å². The minimum absolute atomic E-state index is 0.517. The molecule has 4 heteroatoms. The lowest BCUT2D eigenvalue weighted by atomic mass is 10.1. The summed E-state index contributed by atoms with van der Waals surface area (Å²) in [5, 5.41) is 0. The van der Waals surface area contributed by atoms with E-state index in [4.69, 9.17) is 5.73 Å². The van der Waals surface area contributed by atoms with Gasteiger partial charge in [0.1, 0.15) is 5.82 Å². The summed E-state index contributed by atoms with van der Waals surface area (Å²) in [5.41, 5.74) is 7.96. The van der Waals surface area contributed by atoms with Gasteiger partial charge in [-0.25, -0.2) is 4.98 Å². The number of pyridine rings is 1. The Balaban J connectivity index is 2.22. The molecule has 2 rings (SSSR count). The number of nitrogens with two attached hydrogens (primary N) is 1. The number of piperazine rings is 1. The van der Waals surface area contributed by atoms with Crippen LogP contribution in [0.2, 0.25) is 0 Å². The van der Waals surface area contributed by atoms with Crippen molar-refractivity contribution in [2.24, 2.45) is 5.73 Å². The molecule has 1 aliphatic rings. The number of rotatable bonds is 2. The van der Waals surface area contributed by atoms with E-state index in [1.807, 2.05) is 6.20 Å². The van der Waals surface area contributed by atoms with Crippen molar-refractivity contribution in [3.05, 3.63) is 23.4 Å². The highest BCUT2D eigenvalue weighted by Crippen LogP contribution is 2.22. The summed E-state index contributed by atoms with van der Waals surface area (Å²) in [7, 11) is 2.17. The maximum Gasteiger partial charge on any atom is 0.131 e. The van der Waals surface area contributed by atoms with Crippen LogP contribution in [0.25, 0.3) is 0 Å². The van der Waals surface area contributed by atoms with E-state index in [0.717, 1.165) is 31.0 Å². The first-order valence-corrected chi connectivity index (χ1v) is 6.22. The first-order valence-electron chi connectivity index (χ1n) is 6.22. The van der Waals surface area contributed by atoms with Crippen molar-refractivity contribution in [3.63, 3.8) is 0 Å². The molecule has 1 fully saturated rings. The van der Waals surface area contributed by atoms with Crippen LogP contribution in [0, 0.1) is 6.92 Å². The normalized spacial score (nSPS) is 21.9. The SMILES string of the molecule is Cc1cc(CN)cnc1N1CCN(C)CC1C. The second kappa shape index (κ2) is 5.02. The van der Waals surface area contributed by atoms with E-state index in [1.165, 1.54) is 5.56 Å². The van der Waals surface area contributed by atoms with Crippen molar-refractivity contribution in [1.29, 1.82) is 0 Å². The van der Waals surface area contributed by atoms with Crippen molar-refractivity contribution in [3.8, 4) is 0 Å². The molecule has 0 aliphatic carbocycles. The topological polar surface area (TPSA) is 45.4 Å². The summed E-state index contributed by atoms with van der Waals surface area (Å²) in [5.74, 6) is 1.11. The lowest BCUT2D eigenvalue weighted by Crippen LogP contribution is -2.51. The summed E-state index contributed by atoms with van der Waals surface area (Å²) in [6, 6.07) is 2.66. The molecule has 0 radical (unpaired) electrons. The molecule has 17 heavy (non-hydrogen) atoms. The molecule has 0 amide bonds. The fourth-order valence-corrected chi connectivity index (χ4v) is 2.49. The number of hydrogen-bond acceptors (Lipinski definition) is 4. The Kier molecular flexibility index (Phi) is 3.64. The zero-order chi connectivity index (χ0) is 12.4. The molecule has 94 valence electrons. The second-order valence-corrected chi connectivity index (χ2v) is 4.99. The second-order valence-electron chi connectivity index (χ2n) is 4.99. The average molecular weight is 234 g/mol. The van der Waals surface area contributed by atoms with Crippen molar-refractivity contribution < 1.29 is 0 Å². The van der Waals surface area contributed by atoms with Gasteiger partial charge in [0.05, 0.1) is 0 Å². The Morgan fingerprint density at radius 3 is 2.82 bits per heavy atom. The molecule has 0 spiro atoms. The van der Waals surface area contributed by atoms with Gasteiger partial charge in [-0.1, -0.05) is 0 Å². The van der Waals surface area contributed by atoms with E-state index in [2.05, 4.69) is 41.7 Å². The number of likely N-dealkylation sites (N-methyl/N-ethyl adjacent to an activating group) is 1. The van der Waals surface area contributed by atoms with Crippen LogP contribution in [0.1, 0.15) is 18.1 Å². The number of aryl methyl sites for hydroxylation is 1. The van der Waals surface area contributed by atoms with Gasteiger partial charge in [0.25, 0.3) is 0 Å². The Morgan fingerprint density at radius 2 is 2.24 bits per heavy atom. The number of nitrogens with zero attached hydrogens (tertiary/aromatic N) is 3. The molecule has 2 heterocycles. The van der Waals surface area contributed by atoms with Crippen LogP contribution < -0.4 is 10.6 Å². The van der Waals surface area contributed by atoms with Gasteiger partial charge in [0.15, 0.2) is 0 Å². The molecular formula is C13H22N4. The summed E-state index contributed by atoms with van der Waals surface area (Å²) < 4.78 is 0. The maximum absolute atomic E-state index is 5.63. The van der Waals surface area contributed by atoms with Crippen molar-refractivity contribution in [2.75, 3.05) is 31.6 Å². The van der Waals surface area contributed by atoms with E-state index in [-0.39, 0.29) is 0 Å². The van der Waals surface area contributed by atoms with Crippen molar-refractivity contribution in [1.82, 2.24) is 9.88 Å². The van der Waals surface area contributed by atoms with Crippen molar-refractivity contribution in [2.45, 2.75) is 26.4 Å². The van der Waals surface area contributed by atoms with Gasteiger partial charge >= 0.3 is 0 Å². The van der Waals surface area contributed by atoms with E-state index in [9.17, 15) is 0 Å². The first kappa shape index (κ1) is 12.3. The Bertz CT molecular complexity index is 391. The average Bonchev–Trinajstić information content (AvgIpc) is 2.30. The molecule has 0 bridgehead atoms. The highest BCUT2D eigenvalue weighted by molar-refractivity contribution is 5.48. The van der Waals surface area contributed by atoms with E-state index in [1.54, 1.807) is 0 Å². The summed E-state index contributed by atoms with van der Waals surface area (Å²) in [4.78, 5) is 9.34. The van der Waals surface area contributed by atoms with Gasteiger partial charge in [0, 0.05) is 38.4 Å². The molecule has 4 nitrogen and oxygen atoms in total. The molecule has 1 saturated heterocycles. The molecule has 1 unspecified atom stereocenters. The summed E-state index contributed by atoms with van der Waals surface area (Å²) in [6.45, 7) is 8.18. The summed E-state index contributed by atoms with van der Waals surface area (Å²) in [6.07, 6.45) is 1.90. The summed E-state index contributed by atoms with van der Waals surface area (Å²) >= 11 is 0. The van der Waals surface area contributed by atoms with Gasteiger partial charge in [-0.2, -0.15) is 0 Å². The van der Waals surface area contributed by atoms with Crippen LogP contribution in [-0.2, 0) is 6.54 Å². The fourth-order valence-electron chi connectivity index (χ4n) is 2.49. The molecular weight excluding hydrogens is 212 g/mol. The van der Waals surface area contributed by atoms with Gasteiger partial charge in [-0.05, 0) is 38.1 Å². The van der Waals surface area contributed by atoms with E-state index < -0.39 is 0 Å². The third-order valence-corrected chi connectivity index (χ3v) is 3.45. The van der Waals surface area contributed by atoms with Gasteiger partial charge in [-0.15, -0.1) is 0 Å². The zero-order valence-corrected chi connectivity index (χ0v) is 11.0. The Morgan fingerprint density at radius 1 is 1.47 bits per heavy atom. The Labute approximate surface area is 103 Å². The lowest BCUT2D eigenvalue weighted by Gasteiger charge is -2.39. The quantitative estimate of drug-likeness (QED) is 0.829. The predicted octanol–water partition coefficient (Wildman–Crippen LogP) is 0.989. The standard InChI is InChI=1S/C13H22N4/c1-10-6-12(7-14)8-15-13(10)17-5-4-16(3)9-11(17)2/h6,8,11H,4-5,7,9,14H2,1-3H3. The minimum Gasteiger partial charge on any atom is -0.351 e. The lowest BCUT2D eigenvalue weighted by molar-refractivity contribution is 0.274. The molecule has 1 aliphatic heterocycles. The smallest absolute Gasteiger partial charge is 0.131 e. The van der Waals surface area contributed by atoms with Crippen LogP contribution in [0.3, 0.4) is 0 Å². The zero-order valence-electron chi connectivity index (χ0n) is 11.0. The molecule has 1 aromatic heterocycles. The van der Waals surface area contributed by atoms with Gasteiger partial charge < -0.3 is 15.5 Å². The molecule has 1 atom stereocenters. The predicted molar refractivity (Wildman–Crippen MR) is 71.2 cm³/mol.